The number of hydrogen-bond donors (Lipinski definition) is 0. The molecule has 6 nitrogen and oxygen atoms in total. The fourth-order valence-corrected chi connectivity index (χ4v) is 6.59. The van der Waals surface area contributed by atoms with E-state index >= 15 is 0 Å². The van der Waals surface area contributed by atoms with Crippen molar-refractivity contribution < 1.29 is 23.9 Å². The first kappa shape index (κ1) is 21.5. The summed E-state index contributed by atoms with van der Waals surface area (Å²) in [6.07, 6.45) is 0. The second-order valence-electron chi connectivity index (χ2n) is 9.30. The van der Waals surface area contributed by atoms with Crippen molar-refractivity contribution in [3.8, 4) is 0 Å². The molecule has 35 heavy (non-hydrogen) atoms. The summed E-state index contributed by atoms with van der Waals surface area (Å²) >= 11 is 0. The van der Waals surface area contributed by atoms with Crippen LogP contribution < -0.4 is 4.90 Å². The Morgan fingerprint density at radius 3 is 1.97 bits per heavy atom. The molecule has 0 aromatic heterocycles. The molecule has 0 spiro atoms. The highest BCUT2D eigenvalue weighted by atomic mass is 16.5. The van der Waals surface area contributed by atoms with Crippen molar-refractivity contribution >= 4 is 29.3 Å². The van der Waals surface area contributed by atoms with Gasteiger partial charge in [-0.1, -0.05) is 48.5 Å². The zero-order valence-corrected chi connectivity index (χ0v) is 19.4. The first-order valence-corrected chi connectivity index (χ1v) is 11.8. The third-order valence-corrected chi connectivity index (χ3v) is 7.81. The van der Waals surface area contributed by atoms with Gasteiger partial charge in [0.15, 0.2) is 0 Å². The Morgan fingerprint density at radius 2 is 1.43 bits per heavy atom. The molecule has 0 radical (unpaired) electrons. The number of carbonyl (C=O) groups excluding carboxylic acids is 4. The molecular weight excluding hydrogens is 442 g/mol. The Balaban J connectivity index is 1.53. The average molecular weight is 466 g/mol. The summed E-state index contributed by atoms with van der Waals surface area (Å²) in [4.78, 5) is 54.9. The van der Waals surface area contributed by atoms with Gasteiger partial charge in [-0.05, 0) is 60.4 Å². The van der Waals surface area contributed by atoms with E-state index in [-0.39, 0.29) is 30.1 Å². The lowest BCUT2D eigenvalue weighted by molar-refractivity contribution is -0.132. The van der Waals surface area contributed by atoms with Crippen molar-refractivity contribution in [2.75, 3.05) is 11.5 Å². The van der Waals surface area contributed by atoms with E-state index in [1.54, 1.807) is 31.2 Å². The minimum atomic E-state index is -1.22. The average Bonchev–Trinajstić information content (AvgIpc) is 3.14. The zero-order valence-electron chi connectivity index (χ0n) is 19.4. The van der Waals surface area contributed by atoms with Gasteiger partial charge in [-0.25, -0.2) is 9.69 Å². The van der Waals surface area contributed by atoms with E-state index < -0.39 is 23.2 Å². The van der Waals surface area contributed by atoms with Crippen LogP contribution in [0.1, 0.15) is 52.4 Å². The number of rotatable bonds is 4. The first-order chi connectivity index (χ1) is 16.9. The van der Waals surface area contributed by atoms with Crippen molar-refractivity contribution in [3.05, 3.63) is 101 Å². The number of carbonyl (C=O) groups is 4. The topological polar surface area (TPSA) is 80.8 Å². The number of amides is 2. The van der Waals surface area contributed by atoms with Gasteiger partial charge >= 0.3 is 5.97 Å². The maximum Gasteiger partial charge on any atom is 0.338 e. The number of esters is 1. The Bertz CT molecular complexity index is 1380. The first-order valence-electron chi connectivity index (χ1n) is 11.8. The van der Waals surface area contributed by atoms with Gasteiger partial charge in [0.25, 0.3) is 0 Å². The number of benzene rings is 3. The molecule has 2 amide bonds. The van der Waals surface area contributed by atoms with Crippen molar-refractivity contribution in [3.63, 3.8) is 0 Å². The number of Topliss-reactive ketones (excluding diaryl/α,β-unsaturated/α-hetero) is 1. The molecule has 174 valence electrons. The molecule has 7 rings (SSSR count). The van der Waals surface area contributed by atoms with Gasteiger partial charge in [0.05, 0.1) is 35.1 Å². The summed E-state index contributed by atoms with van der Waals surface area (Å²) in [5, 5.41) is 0. The molecule has 3 aromatic rings. The van der Waals surface area contributed by atoms with Crippen molar-refractivity contribution in [1.29, 1.82) is 0 Å². The summed E-state index contributed by atoms with van der Waals surface area (Å²) in [5.41, 5.74) is 3.00. The Hall–Kier alpha value is -4.06. The van der Waals surface area contributed by atoms with E-state index in [1.165, 1.54) is 11.8 Å². The SMILES string of the molecule is CCOC(=O)c1ccc(N2C(=O)[C@@H]3C4c5ccccc5C(C(C)=O)(c5ccccc54)[C@H]3C2=O)cc1. The molecule has 2 atom stereocenters. The van der Waals surface area contributed by atoms with Crippen LogP contribution in [0, 0.1) is 11.8 Å². The van der Waals surface area contributed by atoms with Crippen LogP contribution in [0.2, 0.25) is 0 Å². The third kappa shape index (κ3) is 2.59. The van der Waals surface area contributed by atoms with Gasteiger partial charge in [-0.15, -0.1) is 0 Å². The summed E-state index contributed by atoms with van der Waals surface area (Å²) in [5.74, 6) is -3.13. The molecule has 3 aliphatic carbocycles. The smallest absolute Gasteiger partial charge is 0.338 e. The van der Waals surface area contributed by atoms with E-state index in [2.05, 4.69) is 0 Å². The van der Waals surface area contributed by atoms with Crippen LogP contribution in [0.15, 0.2) is 72.8 Å². The number of ether oxygens (including phenoxy) is 1. The van der Waals surface area contributed by atoms with Crippen molar-refractivity contribution in [2.24, 2.45) is 11.8 Å². The minimum Gasteiger partial charge on any atom is -0.462 e. The Labute approximate surface area is 202 Å². The summed E-state index contributed by atoms with van der Waals surface area (Å²) in [6.45, 7) is 3.50. The Kier molecular flexibility index (Phi) is 4.58. The minimum absolute atomic E-state index is 0.147. The molecule has 6 heteroatoms. The normalized spacial score (nSPS) is 25.7. The zero-order chi connectivity index (χ0) is 24.5. The quantitative estimate of drug-likeness (QED) is 0.430. The van der Waals surface area contributed by atoms with Crippen molar-refractivity contribution in [2.45, 2.75) is 25.2 Å². The fraction of sp³-hybridized carbons (Fsp3) is 0.241. The summed E-state index contributed by atoms with van der Waals surface area (Å²) in [6, 6.07) is 21.7. The standard InChI is InChI=1S/C29H23NO5/c1-3-35-28(34)17-12-14-18(15-13-17)30-26(32)24-23-19-8-4-6-10-21(19)29(16(2)31,25(24)27(30)33)22-11-7-5-9-20(22)23/h4-15,23-25H,3H2,1-2H3/t23?,24-,25-,29?/m1/s1. The van der Waals surface area contributed by atoms with Gasteiger partial charge in [0, 0.05) is 5.92 Å². The van der Waals surface area contributed by atoms with E-state index in [0.29, 0.717) is 11.3 Å². The highest BCUT2D eigenvalue weighted by Crippen LogP contribution is 2.64. The number of anilines is 1. The fourth-order valence-electron chi connectivity index (χ4n) is 6.59. The van der Waals surface area contributed by atoms with Gasteiger partial charge in [-0.3, -0.25) is 14.4 Å². The molecule has 1 aliphatic heterocycles. The van der Waals surface area contributed by atoms with E-state index in [4.69, 9.17) is 4.74 Å². The van der Waals surface area contributed by atoms with Crippen LogP contribution in [0.3, 0.4) is 0 Å². The second-order valence-corrected chi connectivity index (χ2v) is 9.30. The molecule has 3 aromatic carbocycles. The molecule has 1 fully saturated rings. The predicted molar refractivity (Wildman–Crippen MR) is 128 cm³/mol. The van der Waals surface area contributed by atoms with Gasteiger partial charge in [-0.2, -0.15) is 0 Å². The summed E-state index contributed by atoms with van der Waals surface area (Å²) in [7, 11) is 0. The highest BCUT2D eigenvalue weighted by Gasteiger charge is 2.69. The molecule has 0 saturated carbocycles. The monoisotopic (exact) mass is 465 g/mol. The molecule has 4 aliphatic rings. The van der Waals surface area contributed by atoms with Crippen LogP contribution in [-0.4, -0.2) is 30.2 Å². The maximum atomic E-state index is 14.1. The van der Waals surface area contributed by atoms with Crippen molar-refractivity contribution in [1.82, 2.24) is 0 Å². The lowest BCUT2D eigenvalue weighted by Gasteiger charge is -2.52. The summed E-state index contributed by atoms with van der Waals surface area (Å²) < 4.78 is 5.04. The van der Waals surface area contributed by atoms with Crippen LogP contribution in [0.5, 0.6) is 0 Å². The Morgan fingerprint density at radius 1 is 0.857 bits per heavy atom. The lowest BCUT2D eigenvalue weighted by Crippen LogP contribution is -2.57. The second kappa shape index (κ2) is 7.47. The van der Waals surface area contributed by atoms with Gasteiger partial charge < -0.3 is 4.74 Å². The van der Waals surface area contributed by atoms with Gasteiger partial charge in [0.1, 0.15) is 5.78 Å². The van der Waals surface area contributed by atoms with Gasteiger partial charge in [0.2, 0.25) is 11.8 Å². The number of nitrogens with zero attached hydrogens (tertiary/aromatic N) is 1. The van der Waals surface area contributed by atoms with E-state index in [9.17, 15) is 19.2 Å². The van der Waals surface area contributed by atoms with E-state index in [0.717, 1.165) is 22.3 Å². The lowest BCUT2D eigenvalue weighted by atomic mass is 9.46. The molecule has 1 heterocycles. The van der Waals surface area contributed by atoms with Crippen LogP contribution in [-0.2, 0) is 24.5 Å². The molecule has 0 N–H and O–H groups in total. The van der Waals surface area contributed by atoms with E-state index in [1.807, 2.05) is 48.5 Å². The van der Waals surface area contributed by atoms with Crippen LogP contribution in [0.25, 0.3) is 0 Å². The molecule has 1 saturated heterocycles. The number of ketones is 1. The van der Waals surface area contributed by atoms with Crippen LogP contribution >= 0.6 is 0 Å². The maximum absolute atomic E-state index is 14.1. The third-order valence-electron chi connectivity index (χ3n) is 7.81. The molecule has 0 unspecified atom stereocenters. The highest BCUT2D eigenvalue weighted by molar-refractivity contribution is 6.25. The van der Waals surface area contributed by atoms with Crippen LogP contribution in [0.4, 0.5) is 5.69 Å². The largest absolute Gasteiger partial charge is 0.462 e. The predicted octanol–water partition coefficient (Wildman–Crippen LogP) is 4.00. The number of imide groups is 1. The number of hydrogen-bond acceptors (Lipinski definition) is 5. The molecule has 2 bridgehead atoms. The molecular formula is C29H23NO5.